The zero-order chi connectivity index (χ0) is 16.8. The van der Waals surface area contributed by atoms with Crippen molar-refractivity contribution in [2.45, 2.75) is 26.6 Å². The van der Waals surface area contributed by atoms with Gasteiger partial charge in [0.05, 0.1) is 13.2 Å². The third kappa shape index (κ3) is 4.43. The number of benzene rings is 1. The van der Waals surface area contributed by atoms with E-state index in [4.69, 9.17) is 14.0 Å². The molecule has 0 bridgehead atoms. The summed E-state index contributed by atoms with van der Waals surface area (Å²) in [5, 5.41) is 6.71. The van der Waals surface area contributed by atoms with Crippen LogP contribution in [0.1, 0.15) is 35.2 Å². The predicted octanol–water partition coefficient (Wildman–Crippen LogP) is 2.55. The molecule has 3 rings (SSSR count). The molecule has 128 valence electrons. The Hall–Kier alpha value is -2.18. The highest BCUT2D eigenvalue weighted by atomic mass is 16.5. The normalized spacial score (nSPS) is 20.2. The lowest BCUT2D eigenvalue weighted by molar-refractivity contribution is 0.0874. The first-order valence-electron chi connectivity index (χ1n) is 8.08. The molecule has 1 aliphatic heterocycles. The molecule has 6 heteroatoms. The summed E-state index contributed by atoms with van der Waals surface area (Å²) in [4.78, 5) is 12.1. The van der Waals surface area contributed by atoms with E-state index in [-0.39, 0.29) is 23.6 Å². The molecule has 2 aromatic rings. The van der Waals surface area contributed by atoms with Gasteiger partial charge in [0, 0.05) is 24.6 Å². The molecule has 1 aromatic heterocycles. The number of aromatic nitrogens is 1. The van der Waals surface area contributed by atoms with Gasteiger partial charge in [-0.05, 0) is 12.0 Å². The van der Waals surface area contributed by atoms with Gasteiger partial charge in [-0.15, -0.1) is 0 Å². The highest BCUT2D eigenvalue weighted by molar-refractivity contribution is 5.92. The fourth-order valence-electron chi connectivity index (χ4n) is 2.56. The second kappa shape index (κ2) is 7.59. The minimum Gasteiger partial charge on any atom is -0.381 e. The van der Waals surface area contributed by atoms with E-state index in [2.05, 4.69) is 17.4 Å². The quantitative estimate of drug-likeness (QED) is 0.844. The Balaban J connectivity index is 1.45. The van der Waals surface area contributed by atoms with E-state index < -0.39 is 0 Å². The second-order valence-electron chi connectivity index (χ2n) is 6.45. The maximum atomic E-state index is 12.1. The molecule has 6 nitrogen and oxygen atoms in total. The van der Waals surface area contributed by atoms with E-state index >= 15 is 0 Å². The molecule has 0 saturated carbocycles. The van der Waals surface area contributed by atoms with Gasteiger partial charge >= 0.3 is 0 Å². The van der Waals surface area contributed by atoms with Gasteiger partial charge in [-0.3, -0.25) is 4.79 Å². The topological polar surface area (TPSA) is 73.6 Å². The molecule has 1 N–H and O–H groups in total. The monoisotopic (exact) mass is 330 g/mol. The van der Waals surface area contributed by atoms with Gasteiger partial charge in [0.2, 0.25) is 0 Å². The predicted molar refractivity (Wildman–Crippen MR) is 87.3 cm³/mol. The number of hydrogen-bond acceptors (Lipinski definition) is 5. The van der Waals surface area contributed by atoms with Crippen molar-refractivity contribution in [2.24, 2.45) is 5.41 Å². The van der Waals surface area contributed by atoms with Crippen molar-refractivity contribution in [1.82, 2.24) is 10.5 Å². The van der Waals surface area contributed by atoms with Crippen LogP contribution in [0.5, 0.6) is 0 Å². The van der Waals surface area contributed by atoms with Gasteiger partial charge < -0.3 is 19.3 Å². The fourth-order valence-corrected chi connectivity index (χ4v) is 2.56. The van der Waals surface area contributed by atoms with Crippen molar-refractivity contribution < 1.29 is 18.8 Å². The van der Waals surface area contributed by atoms with Crippen LogP contribution in [0.4, 0.5) is 0 Å². The molecular weight excluding hydrogens is 308 g/mol. The summed E-state index contributed by atoms with van der Waals surface area (Å²) in [6, 6.07) is 11.5. The summed E-state index contributed by atoms with van der Waals surface area (Å²) in [5.74, 6) is 0.299. The van der Waals surface area contributed by atoms with Crippen LogP contribution < -0.4 is 5.32 Å². The van der Waals surface area contributed by atoms with Gasteiger partial charge in [-0.25, -0.2) is 0 Å². The minimum absolute atomic E-state index is 0.00101. The zero-order valence-electron chi connectivity index (χ0n) is 13.8. The second-order valence-corrected chi connectivity index (χ2v) is 6.45. The molecule has 24 heavy (non-hydrogen) atoms. The molecule has 0 aliphatic carbocycles. The number of hydrogen-bond donors (Lipinski definition) is 1. The van der Waals surface area contributed by atoms with Crippen molar-refractivity contribution in [2.75, 3.05) is 19.8 Å². The number of nitrogens with one attached hydrogen (secondary N) is 1. The van der Waals surface area contributed by atoms with Gasteiger partial charge in [-0.1, -0.05) is 42.4 Å². The Morgan fingerprint density at radius 2 is 2.17 bits per heavy atom. The fraction of sp³-hybridized carbons (Fsp3) is 0.444. The summed E-state index contributed by atoms with van der Waals surface area (Å²) in [6.07, 6.45) is 0.949. The first kappa shape index (κ1) is 16.7. The Kier molecular flexibility index (Phi) is 5.27. The lowest BCUT2D eigenvalue weighted by Gasteiger charge is -2.21. The van der Waals surface area contributed by atoms with Crippen molar-refractivity contribution >= 4 is 5.91 Å². The lowest BCUT2D eigenvalue weighted by atomic mass is 9.90. The Labute approximate surface area is 141 Å². The van der Waals surface area contributed by atoms with E-state index in [9.17, 15) is 4.79 Å². The highest BCUT2D eigenvalue weighted by Crippen LogP contribution is 2.26. The summed E-state index contributed by atoms with van der Waals surface area (Å²) in [5.41, 5.74) is 1.36. The Morgan fingerprint density at radius 3 is 2.92 bits per heavy atom. The standard InChI is InChI=1S/C18H22N2O4/c1-18(7-8-22-13-18)12-19-17(21)16-9-15(24-20-16)11-23-10-14-5-3-2-4-6-14/h2-6,9H,7-8,10-13H2,1H3,(H,19,21). The number of rotatable bonds is 7. The number of ether oxygens (including phenoxy) is 2. The van der Waals surface area contributed by atoms with Crippen molar-refractivity contribution in [3.8, 4) is 0 Å². The van der Waals surface area contributed by atoms with E-state index in [0.29, 0.717) is 25.5 Å². The Morgan fingerprint density at radius 1 is 1.33 bits per heavy atom. The molecule has 0 spiro atoms. The van der Waals surface area contributed by atoms with Gasteiger partial charge in [-0.2, -0.15) is 0 Å². The molecule has 1 saturated heterocycles. The summed E-state index contributed by atoms with van der Waals surface area (Å²) >= 11 is 0. The zero-order valence-corrected chi connectivity index (χ0v) is 13.8. The summed E-state index contributed by atoms with van der Waals surface area (Å²) in [7, 11) is 0. The summed E-state index contributed by atoms with van der Waals surface area (Å²) < 4.78 is 16.1. The van der Waals surface area contributed by atoms with Gasteiger partial charge in [0.25, 0.3) is 5.91 Å². The molecule has 1 fully saturated rings. The van der Waals surface area contributed by atoms with Crippen LogP contribution in [0.25, 0.3) is 0 Å². The average molecular weight is 330 g/mol. The highest BCUT2D eigenvalue weighted by Gasteiger charge is 2.30. The maximum Gasteiger partial charge on any atom is 0.273 e. The van der Waals surface area contributed by atoms with Crippen LogP contribution in [0.2, 0.25) is 0 Å². The van der Waals surface area contributed by atoms with Crippen LogP contribution in [-0.2, 0) is 22.7 Å². The van der Waals surface area contributed by atoms with E-state index in [1.807, 2.05) is 30.3 Å². The lowest BCUT2D eigenvalue weighted by Crippen LogP contribution is -2.36. The first-order valence-corrected chi connectivity index (χ1v) is 8.08. The van der Waals surface area contributed by atoms with Crippen LogP contribution in [0, 0.1) is 5.41 Å². The van der Waals surface area contributed by atoms with Crippen LogP contribution in [0.3, 0.4) is 0 Å². The summed E-state index contributed by atoms with van der Waals surface area (Å²) in [6.45, 7) is 4.86. The molecular formula is C18H22N2O4. The largest absolute Gasteiger partial charge is 0.381 e. The van der Waals surface area contributed by atoms with Gasteiger partial charge in [0.15, 0.2) is 11.5 Å². The van der Waals surface area contributed by atoms with Crippen molar-refractivity contribution in [3.05, 3.63) is 53.4 Å². The first-order chi connectivity index (χ1) is 11.6. The molecule has 1 aromatic carbocycles. The van der Waals surface area contributed by atoms with E-state index in [1.165, 1.54) is 0 Å². The Bertz CT molecular complexity index is 663. The minimum atomic E-state index is -0.235. The number of amides is 1. The third-order valence-corrected chi connectivity index (χ3v) is 4.12. The number of carbonyl (C=O) groups excluding carboxylic acids is 1. The molecule has 2 heterocycles. The van der Waals surface area contributed by atoms with Crippen LogP contribution in [0.15, 0.2) is 40.9 Å². The third-order valence-electron chi connectivity index (χ3n) is 4.12. The molecule has 1 aliphatic rings. The SMILES string of the molecule is CC1(CNC(=O)c2cc(COCc3ccccc3)on2)CCOC1. The van der Waals surface area contributed by atoms with Crippen molar-refractivity contribution in [1.29, 1.82) is 0 Å². The maximum absolute atomic E-state index is 12.1. The van der Waals surface area contributed by atoms with E-state index in [1.54, 1.807) is 6.07 Å². The molecule has 0 radical (unpaired) electrons. The van der Waals surface area contributed by atoms with Crippen molar-refractivity contribution in [3.63, 3.8) is 0 Å². The smallest absolute Gasteiger partial charge is 0.273 e. The number of nitrogens with zero attached hydrogens (tertiary/aromatic N) is 1. The average Bonchev–Trinajstić information content (AvgIpc) is 3.24. The van der Waals surface area contributed by atoms with Crippen LogP contribution >= 0.6 is 0 Å². The number of carbonyl (C=O) groups is 1. The molecule has 1 amide bonds. The molecule has 1 unspecified atom stereocenters. The van der Waals surface area contributed by atoms with Gasteiger partial charge in [0.1, 0.15) is 6.61 Å². The molecule has 1 atom stereocenters. The van der Waals surface area contributed by atoms with Crippen LogP contribution in [-0.4, -0.2) is 30.8 Å². The van der Waals surface area contributed by atoms with E-state index in [0.717, 1.165) is 18.6 Å².